The number of carbonyl (C=O) groups is 1. The number of halogens is 1. The molecule has 2 N–H and O–H groups in total. The fraction of sp³-hybridized carbons (Fsp3) is 0.562. The van der Waals surface area contributed by atoms with Crippen LogP contribution in [0.1, 0.15) is 24.5 Å². The second-order valence-electron chi connectivity index (χ2n) is 5.93. The summed E-state index contributed by atoms with van der Waals surface area (Å²) in [6, 6.07) is 8.02. The topological polar surface area (TPSA) is 64.8 Å². The standard InChI is InChI=1S/C16H21BrN2O3/c17-13-3-1-12(2-4-13)14-11-19(7-10-22-14)15(20)16(18)5-8-21-9-6-16/h1-4,14H,5-11,18H2. The lowest BCUT2D eigenvalue weighted by Crippen LogP contribution is -2.60. The Morgan fingerprint density at radius 1 is 1.23 bits per heavy atom. The van der Waals surface area contributed by atoms with Crippen LogP contribution in [0.2, 0.25) is 0 Å². The van der Waals surface area contributed by atoms with Crippen LogP contribution in [0.15, 0.2) is 28.7 Å². The van der Waals surface area contributed by atoms with Crippen LogP contribution in [0.4, 0.5) is 0 Å². The first kappa shape index (κ1) is 15.9. The van der Waals surface area contributed by atoms with Crippen molar-refractivity contribution in [3.05, 3.63) is 34.3 Å². The Bertz CT molecular complexity index is 529. The number of nitrogens with zero attached hydrogens (tertiary/aromatic N) is 1. The van der Waals surface area contributed by atoms with Crippen LogP contribution in [0.25, 0.3) is 0 Å². The van der Waals surface area contributed by atoms with Gasteiger partial charge in [-0.2, -0.15) is 0 Å². The van der Waals surface area contributed by atoms with E-state index in [1.807, 2.05) is 29.2 Å². The molecule has 120 valence electrons. The van der Waals surface area contributed by atoms with Crippen molar-refractivity contribution in [2.24, 2.45) is 5.73 Å². The molecule has 1 amide bonds. The van der Waals surface area contributed by atoms with Crippen molar-refractivity contribution < 1.29 is 14.3 Å². The number of nitrogens with two attached hydrogens (primary N) is 1. The smallest absolute Gasteiger partial charge is 0.243 e. The van der Waals surface area contributed by atoms with Crippen molar-refractivity contribution in [3.63, 3.8) is 0 Å². The molecular weight excluding hydrogens is 348 g/mol. The summed E-state index contributed by atoms with van der Waals surface area (Å²) < 4.78 is 12.2. The second kappa shape index (κ2) is 6.66. The zero-order valence-electron chi connectivity index (χ0n) is 12.5. The molecule has 1 unspecified atom stereocenters. The van der Waals surface area contributed by atoms with Crippen LogP contribution in [0.3, 0.4) is 0 Å². The summed E-state index contributed by atoms with van der Waals surface area (Å²) in [5.74, 6) is 0.0289. The van der Waals surface area contributed by atoms with E-state index in [1.165, 1.54) is 0 Å². The van der Waals surface area contributed by atoms with Crippen LogP contribution < -0.4 is 5.73 Å². The molecule has 0 radical (unpaired) electrons. The summed E-state index contributed by atoms with van der Waals surface area (Å²) in [6.07, 6.45) is 1.09. The zero-order valence-corrected chi connectivity index (χ0v) is 14.0. The normalized spacial score (nSPS) is 25.0. The van der Waals surface area contributed by atoms with Crippen LogP contribution in [-0.2, 0) is 14.3 Å². The predicted octanol–water partition coefficient (Wildman–Crippen LogP) is 1.86. The summed E-state index contributed by atoms with van der Waals surface area (Å²) in [6.45, 7) is 2.82. The molecule has 1 aromatic rings. The maximum atomic E-state index is 12.8. The number of carbonyl (C=O) groups excluding carboxylic acids is 1. The largest absolute Gasteiger partial charge is 0.381 e. The lowest BCUT2D eigenvalue weighted by Gasteiger charge is -2.40. The van der Waals surface area contributed by atoms with Gasteiger partial charge in [-0.05, 0) is 30.5 Å². The Morgan fingerprint density at radius 2 is 1.91 bits per heavy atom. The van der Waals surface area contributed by atoms with Gasteiger partial charge in [0.05, 0.1) is 18.7 Å². The number of hydrogen-bond acceptors (Lipinski definition) is 4. The molecule has 0 saturated carbocycles. The molecule has 5 nitrogen and oxygen atoms in total. The minimum absolute atomic E-state index is 0.0289. The van der Waals surface area contributed by atoms with E-state index < -0.39 is 5.54 Å². The average Bonchev–Trinajstić information content (AvgIpc) is 2.56. The summed E-state index contributed by atoms with van der Waals surface area (Å²) in [4.78, 5) is 14.6. The number of hydrogen-bond donors (Lipinski definition) is 1. The van der Waals surface area contributed by atoms with Gasteiger partial charge in [-0.1, -0.05) is 28.1 Å². The van der Waals surface area contributed by atoms with E-state index in [9.17, 15) is 4.79 Å². The molecule has 0 spiro atoms. The number of ether oxygens (including phenoxy) is 2. The van der Waals surface area contributed by atoms with Crippen LogP contribution in [-0.4, -0.2) is 49.3 Å². The molecule has 2 saturated heterocycles. The Morgan fingerprint density at radius 3 is 2.59 bits per heavy atom. The Labute approximate surface area is 138 Å². The van der Waals surface area contributed by atoms with Crippen molar-refractivity contribution in [2.45, 2.75) is 24.5 Å². The third-order valence-corrected chi connectivity index (χ3v) is 4.94. The van der Waals surface area contributed by atoms with Gasteiger partial charge in [-0.25, -0.2) is 0 Å². The summed E-state index contributed by atoms with van der Waals surface area (Å²) in [7, 11) is 0. The Hall–Kier alpha value is -0.950. The minimum Gasteiger partial charge on any atom is -0.381 e. The van der Waals surface area contributed by atoms with E-state index in [-0.39, 0.29) is 12.0 Å². The number of amides is 1. The minimum atomic E-state index is -0.778. The fourth-order valence-electron chi connectivity index (χ4n) is 2.98. The van der Waals surface area contributed by atoms with Gasteiger partial charge >= 0.3 is 0 Å². The van der Waals surface area contributed by atoms with Gasteiger partial charge < -0.3 is 20.1 Å². The quantitative estimate of drug-likeness (QED) is 0.864. The van der Waals surface area contributed by atoms with Crippen LogP contribution >= 0.6 is 15.9 Å². The third-order valence-electron chi connectivity index (χ3n) is 4.41. The first-order valence-corrected chi connectivity index (χ1v) is 8.41. The van der Waals surface area contributed by atoms with E-state index >= 15 is 0 Å². The summed E-state index contributed by atoms with van der Waals surface area (Å²) in [5, 5.41) is 0. The van der Waals surface area contributed by atoms with E-state index in [2.05, 4.69) is 15.9 Å². The molecule has 3 rings (SSSR count). The van der Waals surface area contributed by atoms with Crippen molar-refractivity contribution in [1.82, 2.24) is 4.90 Å². The predicted molar refractivity (Wildman–Crippen MR) is 86.4 cm³/mol. The molecule has 0 bridgehead atoms. The molecule has 0 aliphatic carbocycles. The fourth-order valence-corrected chi connectivity index (χ4v) is 3.24. The molecule has 22 heavy (non-hydrogen) atoms. The van der Waals surface area contributed by atoms with Gasteiger partial charge in [0.2, 0.25) is 5.91 Å². The molecule has 0 aromatic heterocycles. The van der Waals surface area contributed by atoms with Crippen molar-refractivity contribution in [1.29, 1.82) is 0 Å². The van der Waals surface area contributed by atoms with Gasteiger partial charge in [-0.15, -0.1) is 0 Å². The highest BCUT2D eigenvalue weighted by atomic mass is 79.9. The van der Waals surface area contributed by atoms with Gasteiger partial charge in [0.1, 0.15) is 6.10 Å². The second-order valence-corrected chi connectivity index (χ2v) is 6.85. The van der Waals surface area contributed by atoms with Gasteiger partial charge in [0.25, 0.3) is 0 Å². The van der Waals surface area contributed by atoms with Crippen LogP contribution in [0, 0.1) is 0 Å². The molecule has 1 aromatic carbocycles. The lowest BCUT2D eigenvalue weighted by atomic mass is 9.89. The Kier molecular flexibility index (Phi) is 4.82. The van der Waals surface area contributed by atoms with E-state index in [4.69, 9.17) is 15.2 Å². The zero-order chi connectivity index (χ0) is 15.6. The molecule has 2 aliphatic rings. The van der Waals surface area contributed by atoms with E-state index in [0.29, 0.717) is 45.8 Å². The maximum Gasteiger partial charge on any atom is 0.243 e. The SMILES string of the molecule is NC1(C(=O)N2CCOC(c3ccc(Br)cc3)C2)CCOCC1. The average molecular weight is 369 g/mol. The highest BCUT2D eigenvalue weighted by molar-refractivity contribution is 9.10. The van der Waals surface area contributed by atoms with E-state index in [0.717, 1.165) is 10.0 Å². The van der Waals surface area contributed by atoms with E-state index in [1.54, 1.807) is 0 Å². The molecule has 1 atom stereocenters. The molecule has 6 heteroatoms. The molecule has 2 fully saturated rings. The summed E-state index contributed by atoms with van der Waals surface area (Å²) in [5.41, 5.74) is 6.62. The van der Waals surface area contributed by atoms with Crippen LogP contribution in [0.5, 0.6) is 0 Å². The molecule has 2 aliphatic heterocycles. The highest BCUT2D eigenvalue weighted by Gasteiger charge is 2.40. The van der Waals surface area contributed by atoms with Gasteiger partial charge in [0.15, 0.2) is 0 Å². The first-order valence-electron chi connectivity index (χ1n) is 7.61. The Balaban J connectivity index is 1.69. The third kappa shape index (κ3) is 3.35. The van der Waals surface area contributed by atoms with Gasteiger partial charge in [-0.3, -0.25) is 4.79 Å². The number of morpholine rings is 1. The van der Waals surface area contributed by atoms with Crippen molar-refractivity contribution in [3.8, 4) is 0 Å². The van der Waals surface area contributed by atoms with Crippen molar-refractivity contribution >= 4 is 21.8 Å². The molecule has 2 heterocycles. The summed E-state index contributed by atoms with van der Waals surface area (Å²) >= 11 is 3.43. The number of rotatable bonds is 2. The first-order chi connectivity index (χ1) is 10.6. The highest BCUT2D eigenvalue weighted by Crippen LogP contribution is 2.27. The number of benzene rings is 1. The van der Waals surface area contributed by atoms with Gasteiger partial charge in [0, 0.05) is 24.2 Å². The van der Waals surface area contributed by atoms with Crippen molar-refractivity contribution in [2.75, 3.05) is 32.9 Å². The maximum absolute atomic E-state index is 12.8. The monoisotopic (exact) mass is 368 g/mol. The lowest BCUT2D eigenvalue weighted by molar-refractivity contribution is -0.148. The molecular formula is C16H21BrN2O3.